The summed E-state index contributed by atoms with van der Waals surface area (Å²) in [5.74, 6) is 1.71. The van der Waals surface area contributed by atoms with Gasteiger partial charge in [-0.15, -0.1) is 0 Å². The van der Waals surface area contributed by atoms with Crippen molar-refractivity contribution in [2.75, 3.05) is 67.9 Å². The van der Waals surface area contributed by atoms with Crippen LogP contribution < -0.4 is 26.6 Å². The zero-order valence-electron chi connectivity index (χ0n) is 24.8. The van der Waals surface area contributed by atoms with Crippen LogP contribution in [0.15, 0.2) is 24.3 Å². The van der Waals surface area contributed by atoms with E-state index in [4.69, 9.17) is 10.7 Å². The van der Waals surface area contributed by atoms with Crippen molar-refractivity contribution >= 4 is 25.2 Å². The maximum atomic E-state index is 11.2. The first-order chi connectivity index (χ1) is 20.3. The lowest BCUT2D eigenvalue weighted by molar-refractivity contribution is 0.264. The van der Waals surface area contributed by atoms with Gasteiger partial charge in [0, 0.05) is 57.4 Å². The number of hydrogen-bond donors (Lipinski definition) is 6. The summed E-state index contributed by atoms with van der Waals surface area (Å²) < 4.78 is 11.2. The highest BCUT2D eigenvalue weighted by Gasteiger charge is 2.23. The third-order valence-electron chi connectivity index (χ3n) is 8.96. The summed E-state index contributed by atoms with van der Waals surface area (Å²) in [5, 5.41) is 11.0. The molecule has 7 N–H and O–H groups in total. The molecular weight excluding hydrogens is 551 g/mol. The SMILES string of the molecule is Nc1cc(N2CCN(CCP(=O)(O)O)CC2)nc(NCc2cccc3c2CCCC3NCCCNC2CCCCC2)n1. The zero-order valence-corrected chi connectivity index (χ0v) is 25.7. The molecule has 1 saturated carbocycles. The minimum absolute atomic E-state index is 0.112. The molecule has 12 heteroatoms. The van der Waals surface area contributed by atoms with Crippen LogP contribution in [-0.2, 0) is 17.5 Å². The molecule has 2 aromatic rings. The maximum absolute atomic E-state index is 11.2. The van der Waals surface area contributed by atoms with Gasteiger partial charge in [0.1, 0.15) is 11.6 Å². The Morgan fingerprint density at radius 1 is 0.976 bits per heavy atom. The van der Waals surface area contributed by atoms with Gasteiger partial charge in [-0.25, -0.2) is 0 Å². The summed E-state index contributed by atoms with van der Waals surface area (Å²) in [4.78, 5) is 31.8. The number of nitrogen functional groups attached to an aromatic ring is 1. The Kier molecular flexibility index (Phi) is 11.1. The molecule has 0 bridgehead atoms. The third kappa shape index (κ3) is 9.11. The molecule has 5 rings (SSSR count). The summed E-state index contributed by atoms with van der Waals surface area (Å²) >= 11 is 0. The van der Waals surface area contributed by atoms with E-state index in [0.29, 0.717) is 44.0 Å². The number of piperazine rings is 1. The number of aromatic nitrogens is 2. The molecule has 1 unspecified atom stereocenters. The number of fused-ring (bicyclic) bond motifs is 1. The monoisotopic (exact) mass is 600 g/mol. The largest absolute Gasteiger partial charge is 0.383 e. The fourth-order valence-electron chi connectivity index (χ4n) is 6.62. The predicted octanol–water partition coefficient (Wildman–Crippen LogP) is 3.25. The first-order valence-electron chi connectivity index (χ1n) is 15.8. The number of hydrogen-bond acceptors (Lipinski definition) is 9. The normalized spacial score (nSPS) is 20.4. The van der Waals surface area contributed by atoms with Crippen molar-refractivity contribution in [2.24, 2.45) is 0 Å². The van der Waals surface area contributed by atoms with E-state index in [1.807, 2.05) is 0 Å². The Bertz CT molecular complexity index is 1200. The number of nitrogens with zero attached hydrogens (tertiary/aromatic N) is 4. The Hall–Kier alpha value is -2.27. The summed E-state index contributed by atoms with van der Waals surface area (Å²) in [6.07, 6.45) is 11.3. The van der Waals surface area contributed by atoms with Gasteiger partial charge in [0.05, 0.1) is 6.16 Å². The molecule has 0 radical (unpaired) electrons. The van der Waals surface area contributed by atoms with E-state index >= 15 is 0 Å². The van der Waals surface area contributed by atoms with E-state index < -0.39 is 7.60 Å². The van der Waals surface area contributed by atoms with Crippen LogP contribution in [0.2, 0.25) is 0 Å². The lowest BCUT2D eigenvalue weighted by Crippen LogP contribution is -2.47. The topological polar surface area (TPSA) is 152 Å². The van der Waals surface area contributed by atoms with Crippen molar-refractivity contribution in [1.29, 1.82) is 0 Å². The van der Waals surface area contributed by atoms with Crippen LogP contribution in [0.4, 0.5) is 17.6 Å². The number of nitrogens with one attached hydrogen (secondary N) is 3. The van der Waals surface area contributed by atoms with Crippen molar-refractivity contribution in [2.45, 2.75) is 76.4 Å². The molecule has 2 aliphatic carbocycles. The first kappa shape index (κ1) is 31.2. The highest BCUT2D eigenvalue weighted by molar-refractivity contribution is 7.51. The zero-order chi connectivity index (χ0) is 29.4. The van der Waals surface area contributed by atoms with Crippen LogP contribution in [-0.4, -0.2) is 82.7 Å². The van der Waals surface area contributed by atoms with Crippen molar-refractivity contribution < 1.29 is 14.4 Å². The molecular formula is C30H49N8O3P. The molecule has 1 saturated heterocycles. The van der Waals surface area contributed by atoms with Crippen LogP contribution in [0.25, 0.3) is 0 Å². The second kappa shape index (κ2) is 14.9. The maximum Gasteiger partial charge on any atom is 0.326 e. The Morgan fingerprint density at radius 3 is 2.55 bits per heavy atom. The molecule has 1 atom stereocenters. The minimum Gasteiger partial charge on any atom is -0.383 e. The first-order valence-corrected chi connectivity index (χ1v) is 17.6. The van der Waals surface area contributed by atoms with Crippen LogP contribution in [0, 0.1) is 0 Å². The van der Waals surface area contributed by atoms with Gasteiger partial charge >= 0.3 is 7.60 Å². The van der Waals surface area contributed by atoms with Gasteiger partial charge < -0.3 is 36.4 Å². The van der Waals surface area contributed by atoms with E-state index in [-0.39, 0.29) is 6.16 Å². The van der Waals surface area contributed by atoms with E-state index in [9.17, 15) is 14.4 Å². The molecule has 3 aliphatic rings. The molecule has 1 aromatic heterocycles. The Labute approximate surface area is 250 Å². The lowest BCUT2D eigenvalue weighted by atomic mass is 9.84. The van der Waals surface area contributed by atoms with Crippen molar-refractivity contribution in [3.8, 4) is 0 Å². The van der Waals surface area contributed by atoms with E-state index in [2.05, 4.69) is 48.9 Å². The highest BCUT2D eigenvalue weighted by Crippen LogP contribution is 2.34. The molecule has 0 amide bonds. The number of rotatable bonds is 13. The van der Waals surface area contributed by atoms with Crippen molar-refractivity contribution in [3.05, 3.63) is 41.0 Å². The summed E-state index contributed by atoms with van der Waals surface area (Å²) in [6.45, 7) is 6.03. The van der Waals surface area contributed by atoms with Gasteiger partial charge in [0.15, 0.2) is 0 Å². The van der Waals surface area contributed by atoms with Crippen molar-refractivity contribution in [3.63, 3.8) is 0 Å². The van der Waals surface area contributed by atoms with Gasteiger partial charge in [-0.3, -0.25) is 9.46 Å². The molecule has 11 nitrogen and oxygen atoms in total. The number of benzene rings is 1. The fraction of sp³-hybridized carbons (Fsp3) is 0.667. The second-order valence-corrected chi connectivity index (χ2v) is 13.8. The average molecular weight is 601 g/mol. The van der Waals surface area contributed by atoms with Crippen LogP contribution in [0.1, 0.15) is 74.1 Å². The predicted molar refractivity (Wildman–Crippen MR) is 169 cm³/mol. The summed E-state index contributed by atoms with van der Waals surface area (Å²) in [5.41, 5.74) is 10.3. The molecule has 1 aliphatic heterocycles. The van der Waals surface area contributed by atoms with E-state index in [0.717, 1.165) is 50.9 Å². The molecule has 0 spiro atoms. The lowest BCUT2D eigenvalue weighted by Gasteiger charge is -2.35. The van der Waals surface area contributed by atoms with Gasteiger partial charge in [-0.1, -0.05) is 37.5 Å². The third-order valence-corrected chi connectivity index (χ3v) is 9.74. The minimum atomic E-state index is -3.98. The van der Waals surface area contributed by atoms with Gasteiger partial charge in [-0.05, 0) is 68.3 Å². The van der Waals surface area contributed by atoms with E-state index in [1.54, 1.807) is 6.07 Å². The van der Waals surface area contributed by atoms with Crippen LogP contribution in [0.3, 0.4) is 0 Å². The standard InChI is InChI=1S/C30H49N8O3P/c31-28-21-29(38-17-15-37(16-18-38)19-20-42(39,40)41)36-30(35-28)34-22-23-7-4-11-26-25(23)10-5-12-27(26)33-14-6-13-32-24-8-2-1-3-9-24/h4,7,11,21,24,27,32-33H,1-3,5-6,8-10,12-20,22H2,(H2,39,40,41)(H3,31,34,35,36). The second-order valence-electron chi connectivity index (χ2n) is 12.1. The highest BCUT2D eigenvalue weighted by atomic mass is 31.2. The molecule has 42 heavy (non-hydrogen) atoms. The average Bonchev–Trinajstić information content (AvgIpc) is 2.99. The summed E-state index contributed by atoms with van der Waals surface area (Å²) in [7, 11) is -3.98. The smallest absolute Gasteiger partial charge is 0.326 e. The molecule has 232 valence electrons. The van der Waals surface area contributed by atoms with Gasteiger partial charge in [-0.2, -0.15) is 9.97 Å². The van der Waals surface area contributed by atoms with Gasteiger partial charge in [0.2, 0.25) is 5.95 Å². The quantitative estimate of drug-likeness (QED) is 0.148. The Balaban J connectivity index is 1.13. The van der Waals surface area contributed by atoms with Crippen molar-refractivity contribution in [1.82, 2.24) is 25.5 Å². The van der Waals surface area contributed by atoms with Gasteiger partial charge in [0.25, 0.3) is 0 Å². The van der Waals surface area contributed by atoms with E-state index in [1.165, 1.54) is 61.6 Å². The Morgan fingerprint density at radius 2 is 1.76 bits per heavy atom. The fourth-order valence-corrected chi connectivity index (χ4v) is 7.16. The van der Waals surface area contributed by atoms with Crippen LogP contribution in [0.5, 0.6) is 0 Å². The van der Waals surface area contributed by atoms with Crippen LogP contribution >= 0.6 is 7.60 Å². The summed E-state index contributed by atoms with van der Waals surface area (Å²) in [6, 6.07) is 9.57. The number of anilines is 3. The molecule has 1 aromatic carbocycles. The molecule has 2 heterocycles. The molecule has 2 fully saturated rings. The number of nitrogens with two attached hydrogens (primary N) is 1.